The molecule has 1 aromatic rings. The van der Waals surface area contributed by atoms with Crippen LogP contribution in [0.15, 0.2) is 36.0 Å². The molecule has 0 unspecified atom stereocenters. The van der Waals surface area contributed by atoms with Crippen molar-refractivity contribution in [3.05, 3.63) is 51.7 Å². The summed E-state index contributed by atoms with van der Waals surface area (Å²) in [5, 5.41) is 10.3. The van der Waals surface area contributed by atoms with Crippen LogP contribution in [0, 0.1) is 11.3 Å². The van der Waals surface area contributed by atoms with Crippen molar-refractivity contribution in [3.63, 3.8) is 0 Å². The maximum absolute atomic E-state index is 12.2. The van der Waals surface area contributed by atoms with Gasteiger partial charge in [0.25, 0.3) is 0 Å². The van der Waals surface area contributed by atoms with Crippen molar-refractivity contribution in [2.45, 2.75) is 26.4 Å². The lowest BCUT2D eigenvalue weighted by molar-refractivity contribution is -0.149. The Balaban J connectivity index is 3.36. The first-order valence-electron chi connectivity index (χ1n) is 7.22. The Bertz CT molecular complexity index is 724. The number of carbonyl (C=O) groups is 1. The lowest BCUT2D eigenvalue weighted by atomic mass is 10.0. The summed E-state index contributed by atoms with van der Waals surface area (Å²) in [4.78, 5) is 14.0. The molecule has 1 rings (SSSR count). The fraction of sp³-hybridized carbons (Fsp3) is 0.333. The molecule has 0 aliphatic heterocycles. The van der Waals surface area contributed by atoms with Crippen LogP contribution in [0.1, 0.15) is 26.3 Å². The highest BCUT2D eigenvalue weighted by molar-refractivity contribution is 6.35. The summed E-state index contributed by atoms with van der Waals surface area (Å²) in [5.41, 5.74) is 0.468. The number of carbonyl (C=O) groups excluding carboxylic acids is 1. The molecule has 0 N–H and O–H groups in total. The summed E-state index contributed by atoms with van der Waals surface area (Å²) >= 11 is 12.2. The normalized spacial score (nSPS) is 12.6. The van der Waals surface area contributed by atoms with E-state index >= 15 is 0 Å². The van der Waals surface area contributed by atoms with E-state index < -0.39 is 11.6 Å². The first-order chi connectivity index (χ1) is 11.0. The summed E-state index contributed by atoms with van der Waals surface area (Å²) in [7, 11) is 3.66. The van der Waals surface area contributed by atoms with E-state index in [0.29, 0.717) is 21.2 Å². The first-order valence-corrected chi connectivity index (χ1v) is 7.98. The molecule has 0 spiro atoms. The fourth-order valence-electron chi connectivity index (χ4n) is 1.81. The highest BCUT2D eigenvalue weighted by atomic mass is 35.5. The Morgan fingerprint density at radius 2 is 1.92 bits per heavy atom. The molecule has 0 saturated carbocycles. The van der Waals surface area contributed by atoms with Crippen molar-refractivity contribution in [3.8, 4) is 6.07 Å². The maximum Gasteiger partial charge on any atom is 0.349 e. The molecule has 128 valence electrons. The molecule has 0 aromatic heterocycles. The van der Waals surface area contributed by atoms with E-state index in [1.54, 1.807) is 50.1 Å². The van der Waals surface area contributed by atoms with Crippen LogP contribution >= 0.6 is 23.2 Å². The van der Waals surface area contributed by atoms with Gasteiger partial charge >= 0.3 is 5.97 Å². The summed E-state index contributed by atoms with van der Waals surface area (Å²) in [6, 6.07) is 6.92. The van der Waals surface area contributed by atoms with Crippen LogP contribution in [0.3, 0.4) is 0 Å². The van der Waals surface area contributed by atoms with Crippen molar-refractivity contribution in [1.29, 1.82) is 5.26 Å². The van der Waals surface area contributed by atoms with Gasteiger partial charge in [0.2, 0.25) is 0 Å². The molecule has 0 amide bonds. The van der Waals surface area contributed by atoms with Crippen molar-refractivity contribution >= 4 is 34.7 Å². The Labute approximate surface area is 152 Å². The van der Waals surface area contributed by atoms with Gasteiger partial charge in [-0.2, -0.15) is 5.26 Å². The lowest BCUT2D eigenvalue weighted by Crippen LogP contribution is -2.24. The second-order valence-corrected chi connectivity index (χ2v) is 7.19. The number of halogens is 2. The van der Waals surface area contributed by atoms with E-state index in [0.717, 1.165) is 0 Å². The SMILES string of the molecule is CN(C)/C=C(\C=C(\C#N)C(=O)OC(C)(C)C)c1ccc(Cl)cc1Cl. The molecular formula is C18H20Cl2N2O2. The van der Waals surface area contributed by atoms with Crippen molar-refractivity contribution in [2.75, 3.05) is 14.1 Å². The largest absolute Gasteiger partial charge is 0.456 e. The molecule has 4 nitrogen and oxygen atoms in total. The molecule has 1 aromatic carbocycles. The number of ether oxygens (including phenoxy) is 1. The average Bonchev–Trinajstić information content (AvgIpc) is 2.41. The van der Waals surface area contributed by atoms with E-state index in [2.05, 4.69) is 0 Å². The quantitative estimate of drug-likeness (QED) is 0.335. The molecular weight excluding hydrogens is 347 g/mol. The standard InChI is InChI=1S/C18H20Cl2N2O2/c1-18(2,3)24-17(23)12(10-21)8-13(11-22(4)5)15-7-6-14(19)9-16(15)20/h6-9,11H,1-5H3/b12-8-,13-11+. The predicted molar refractivity (Wildman–Crippen MR) is 97.7 cm³/mol. The number of hydrogen-bond donors (Lipinski definition) is 0. The summed E-state index contributed by atoms with van der Waals surface area (Å²) < 4.78 is 5.26. The second-order valence-electron chi connectivity index (χ2n) is 6.34. The lowest BCUT2D eigenvalue weighted by Gasteiger charge is -2.19. The molecule has 0 heterocycles. The van der Waals surface area contributed by atoms with Crippen molar-refractivity contribution in [2.24, 2.45) is 0 Å². The molecule has 0 aliphatic carbocycles. The molecule has 0 aliphatic rings. The minimum Gasteiger partial charge on any atom is -0.456 e. The maximum atomic E-state index is 12.2. The zero-order valence-electron chi connectivity index (χ0n) is 14.4. The monoisotopic (exact) mass is 366 g/mol. The Kier molecular flexibility index (Phi) is 6.89. The molecule has 0 radical (unpaired) electrons. The van der Waals surface area contributed by atoms with Crippen LogP contribution in [0.5, 0.6) is 0 Å². The van der Waals surface area contributed by atoms with E-state index in [-0.39, 0.29) is 5.57 Å². The number of esters is 1. The molecule has 0 bridgehead atoms. The molecule has 0 atom stereocenters. The number of benzene rings is 1. The van der Waals surface area contributed by atoms with Gasteiger partial charge in [0.1, 0.15) is 17.2 Å². The van der Waals surface area contributed by atoms with Gasteiger partial charge in [0.15, 0.2) is 0 Å². The van der Waals surface area contributed by atoms with Gasteiger partial charge in [-0.25, -0.2) is 4.79 Å². The van der Waals surface area contributed by atoms with Gasteiger partial charge in [-0.05, 0) is 39.0 Å². The Morgan fingerprint density at radius 3 is 2.38 bits per heavy atom. The minimum atomic E-state index is -0.684. The summed E-state index contributed by atoms with van der Waals surface area (Å²) in [6.07, 6.45) is 3.22. The summed E-state index contributed by atoms with van der Waals surface area (Å²) in [5.74, 6) is -0.681. The third kappa shape index (κ3) is 6.27. The van der Waals surface area contributed by atoms with Crippen LogP contribution in [-0.2, 0) is 9.53 Å². The number of nitrogens with zero attached hydrogens (tertiary/aromatic N) is 2. The fourth-order valence-corrected chi connectivity index (χ4v) is 2.33. The number of hydrogen-bond acceptors (Lipinski definition) is 4. The van der Waals surface area contributed by atoms with Crippen LogP contribution in [0.4, 0.5) is 0 Å². The van der Waals surface area contributed by atoms with E-state index in [9.17, 15) is 10.1 Å². The van der Waals surface area contributed by atoms with E-state index in [1.165, 1.54) is 6.08 Å². The Hall–Kier alpha value is -1.96. The smallest absolute Gasteiger partial charge is 0.349 e. The van der Waals surface area contributed by atoms with Gasteiger partial charge in [0.05, 0.1) is 0 Å². The van der Waals surface area contributed by atoms with Crippen LogP contribution in [-0.4, -0.2) is 30.6 Å². The third-order valence-corrected chi connectivity index (χ3v) is 3.23. The second kappa shape index (κ2) is 8.23. The zero-order valence-corrected chi connectivity index (χ0v) is 15.9. The number of nitriles is 1. The number of allylic oxidation sites excluding steroid dienone is 2. The van der Waals surface area contributed by atoms with Crippen LogP contribution in [0.25, 0.3) is 5.57 Å². The average molecular weight is 367 g/mol. The van der Waals surface area contributed by atoms with Crippen molar-refractivity contribution in [1.82, 2.24) is 4.90 Å². The highest BCUT2D eigenvalue weighted by Crippen LogP contribution is 2.29. The van der Waals surface area contributed by atoms with E-state index in [4.69, 9.17) is 27.9 Å². The number of rotatable bonds is 4. The summed E-state index contributed by atoms with van der Waals surface area (Å²) in [6.45, 7) is 5.23. The molecule has 6 heteroatoms. The Morgan fingerprint density at radius 1 is 1.29 bits per heavy atom. The van der Waals surface area contributed by atoms with Gasteiger partial charge in [0, 0.05) is 41.5 Å². The van der Waals surface area contributed by atoms with Crippen LogP contribution < -0.4 is 0 Å². The molecule has 24 heavy (non-hydrogen) atoms. The van der Waals surface area contributed by atoms with E-state index in [1.807, 2.05) is 20.2 Å². The zero-order chi connectivity index (χ0) is 18.5. The third-order valence-electron chi connectivity index (χ3n) is 2.68. The van der Waals surface area contributed by atoms with Gasteiger partial charge < -0.3 is 9.64 Å². The van der Waals surface area contributed by atoms with Gasteiger partial charge in [-0.3, -0.25) is 0 Å². The highest BCUT2D eigenvalue weighted by Gasteiger charge is 2.20. The molecule has 0 fully saturated rings. The van der Waals surface area contributed by atoms with Crippen LogP contribution in [0.2, 0.25) is 10.0 Å². The molecule has 0 saturated heterocycles. The predicted octanol–water partition coefficient (Wildman–Crippen LogP) is 4.69. The topological polar surface area (TPSA) is 53.3 Å². The van der Waals surface area contributed by atoms with Crippen molar-refractivity contribution < 1.29 is 9.53 Å². The van der Waals surface area contributed by atoms with Gasteiger partial charge in [-0.1, -0.05) is 29.3 Å². The van der Waals surface area contributed by atoms with Gasteiger partial charge in [-0.15, -0.1) is 0 Å². The first kappa shape index (κ1) is 20.1. The minimum absolute atomic E-state index is 0.107.